The summed E-state index contributed by atoms with van der Waals surface area (Å²) in [5.41, 5.74) is 0.988. The molecule has 0 aliphatic rings. The lowest BCUT2D eigenvalue weighted by Crippen LogP contribution is -2.44. The summed E-state index contributed by atoms with van der Waals surface area (Å²) in [4.78, 5) is 11.3. The van der Waals surface area contributed by atoms with E-state index in [1.807, 2.05) is 19.2 Å². The summed E-state index contributed by atoms with van der Waals surface area (Å²) in [6, 6.07) is 0.371. The predicted molar refractivity (Wildman–Crippen MR) is 145 cm³/mol. The quantitative estimate of drug-likeness (QED) is 0.0676. The third kappa shape index (κ3) is 17.3. The first-order valence-electron chi connectivity index (χ1n) is 12.9. The maximum Gasteiger partial charge on any atom is 0.243 e. The fraction of sp³-hybridized carbons (Fsp3) is 0.679. The van der Waals surface area contributed by atoms with E-state index < -0.39 is 0 Å². The number of amides is 1. The highest BCUT2D eigenvalue weighted by molar-refractivity contribution is 5.86. The molecule has 0 aliphatic heterocycles. The van der Waals surface area contributed by atoms with E-state index in [0.717, 1.165) is 57.3 Å². The Morgan fingerprint density at radius 3 is 1.85 bits per heavy atom. The molecule has 0 fully saturated rings. The van der Waals surface area contributed by atoms with Crippen LogP contribution < -0.4 is 21.3 Å². The van der Waals surface area contributed by atoms with Crippen LogP contribution in [0.15, 0.2) is 50.2 Å². The van der Waals surface area contributed by atoms with E-state index in [0.29, 0.717) is 12.6 Å². The van der Waals surface area contributed by atoms with Gasteiger partial charge < -0.3 is 21.3 Å². The van der Waals surface area contributed by atoms with Crippen molar-refractivity contribution >= 4 is 5.91 Å². The van der Waals surface area contributed by atoms with Gasteiger partial charge in [-0.1, -0.05) is 64.3 Å². The Bertz CT molecular complexity index is 560. The highest BCUT2D eigenvalue weighted by Crippen LogP contribution is 2.29. The van der Waals surface area contributed by atoms with Gasteiger partial charge in [0.2, 0.25) is 5.91 Å². The van der Waals surface area contributed by atoms with Crippen molar-refractivity contribution in [3.05, 3.63) is 50.2 Å². The van der Waals surface area contributed by atoms with Crippen LogP contribution in [0.3, 0.4) is 0 Å². The minimum Gasteiger partial charge on any atom is -0.380 e. The number of rotatable bonds is 24. The third-order valence-corrected chi connectivity index (χ3v) is 6.22. The Kier molecular flexibility index (Phi) is 19.6. The second-order valence-electron chi connectivity index (χ2n) is 9.14. The molecule has 2 unspecified atom stereocenters. The first kappa shape index (κ1) is 31.1. The van der Waals surface area contributed by atoms with E-state index in [9.17, 15) is 4.79 Å². The van der Waals surface area contributed by atoms with E-state index in [1.54, 1.807) is 0 Å². The maximum absolute atomic E-state index is 11.3. The van der Waals surface area contributed by atoms with Crippen LogP contribution in [0, 0.1) is 0 Å². The summed E-state index contributed by atoms with van der Waals surface area (Å²) in [6.07, 6.45) is 19.0. The smallest absolute Gasteiger partial charge is 0.243 e. The summed E-state index contributed by atoms with van der Waals surface area (Å²) in [5.74, 6) is -0.0909. The molecule has 1 amide bonds. The third-order valence-electron chi connectivity index (χ3n) is 6.22. The van der Waals surface area contributed by atoms with Crippen LogP contribution in [0.4, 0.5) is 0 Å². The van der Waals surface area contributed by atoms with Gasteiger partial charge in [-0.05, 0) is 77.7 Å². The Balaban J connectivity index is 4.83. The zero-order valence-electron chi connectivity index (χ0n) is 21.7. The SMILES string of the molecule is C=CC(=C)NC(CCCCCNC)(CCCCCNC(=O)C=C)CCCCCNC(C)C=C. The number of hydrogen-bond donors (Lipinski definition) is 4. The summed E-state index contributed by atoms with van der Waals surface area (Å²) in [5, 5.41) is 13.4. The molecule has 190 valence electrons. The molecule has 0 bridgehead atoms. The molecule has 0 rings (SSSR count). The molecule has 0 aliphatic carbocycles. The van der Waals surface area contributed by atoms with Crippen LogP contribution in [-0.2, 0) is 4.79 Å². The van der Waals surface area contributed by atoms with E-state index in [4.69, 9.17) is 0 Å². The summed E-state index contributed by atoms with van der Waals surface area (Å²) in [7, 11) is 2.02. The molecule has 0 saturated carbocycles. The van der Waals surface area contributed by atoms with E-state index >= 15 is 0 Å². The highest BCUT2D eigenvalue weighted by atomic mass is 16.1. The number of allylic oxidation sites excluding steroid dienone is 1. The van der Waals surface area contributed by atoms with Crippen molar-refractivity contribution in [1.29, 1.82) is 0 Å². The van der Waals surface area contributed by atoms with Crippen LogP contribution >= 0.6 is 0 Å². The molecule has 0 spiro atoms. The van der Waals surface area contributed by atoms with Crippen LogP contribution in [0.2, 0.25) is 0 Å². The Morgan fingerprint density at radius 2 is 1.36 bits per heavy atom. The molecule has 5 heteroatoms. The number of unbranched alkanes of at least 4 members (excludes halogenated alkanes) is 6. The predicted octanol–water partition coefficient (Wildman–Crippen LogP) is 5.38. The molecule has 0 aromatic rings. The van der Waals surface area contributed by atoms with E-state index in [2.05, 4.69) is 54.5 Å². The molecule has 33 heavy (non-hydrogen) atoms. The van der Waals surface area contributed by atoms with Crippen LogP contribution in [0.25, 0.3) is 0 Å². The molecular formula is C28H52N4O. The van der Waals surface area contributed by atoms with Crippen molar-refractivity contribution in [3.8, 4) is 0 Å². The molecule has 0 aromatic carbocycles. The number of nitrogens with one attached hydrogen (secondary N) is 4. The lowest BCUT2D eigenvalue weighted by atomic mass is 9.81. The van der Waals surface area contributed by atoms with E-state index in [1.165, 1.54) is 44.6 Å². The summed E-state index contributed by atoms with van der Waals surface area (Å²) >= 11 is 0. The normalized spacial score (nSPS) is 13.5. The van der Waals surface area contributed by atoms with Crippen LogP contribution in [-0.4, -0.2) is 44.2 Å². The molecule has 4 N–H and O–H groups in total. The van der Waals surface area contributed by atoms with Crippen LogP contribution in [0.5, 0.6) is 0 Å². The van der Waals surface area contributed by atoms with Crippen molar-refractivity contribution in [2.75, 3.05) is 26.7 Å². The second kappa shape index (κ2) is 20.7. The van der Waals surface area contributed by atoms with E-state index in [-0.39, 0.29) is 11.4 Å². The van der Waals surface area contributed by atoms with Gasteiger partial charge in [0.1, 0.15) is 0 Å². The topological polar surface area (TPSA) is 65.2 Å². The van der Waals surface area contributed by atoms with Gasteiger partial charge >= 0.3 is 0 Å². The highest BCUT2D eigenvalue weighted by Gasteiger charge is 2.28. The molecule has 0 saturated heterocycles. The zero-order valence-corrected chi connectivity index (χ0v) is 21.7. The molecular weight excluding hydrogens is 408 g/mol. The molecule has 5 nitrogen and oxygen atoms in total. The Labute approximate surface area is 204 Å². The molecule has 0 radical (unpaired) electrons. The number of carbonyl (C=O) groups excluding carboxylic acids is 1. The van der Waals surface area contributed by atoms with Gasteiger partial charge in [-0.2, -0.15) is 0 Å². The van der Waals surface area contributed by atoms with Crippen molar-refractivity contribution in [3.63, 3.8) is 0 Å². The molecule has 2 atom stereocenters. The number of hydrogen-bond acceptors (Lipinski definition) is 4. The van der Waals surface area contributed by atoms with Gasteiger partial charge in [0, 0.05) is 23.8 Å². The Morgan fingerprint density at radius 1 is 0.818 bits per heavy atom. The average molecular weight is 461 g/mol. The van der Waals surface area contributed by atoms with Gasteiger partial charge in [-0.25, -0.2) is 0 Å². The van der Waals surface area contributed by atoms with Crippen molar-refractivity contribution in [2.45, 2.75) is 95.6 Å². The van der Waals surface area contributed by atoms with Crippen molar-refractivity contribution in [1.82, 2.24) is 21.3 Å². The number of carbonyl (C=O) groups is 1. The molecule has 0 aromatic heterocycles. The van der Waals surface area contributed by atoms with Crippen LogP contribution in [0.1, 0.15) is 84.0 Å². The maximum atomic E-state index is 11.3. The first-order valence-corrected chi connectivity index (χ1v) is 12.9. The van der Waals surface area contributed by atoms with Gasteiger partial charge in [0.25, 0.3) is 0 Å². The van der Waals surface area contributed by atoms with Gasteiger partial charge in [0.05, 0.1) is 0 Å². The summed E-state index contributed by atoms with van der Waals surface area (Å²) < 4.78 is 0. The average Bonchev–Trinajstić information content (AvgIpc) is 2.82. The largest absolute Gasteiger partial charge is 0.380 e. The fourth-order valence-electron chi connectivity index (χ4n) is 4.12. The van der Waals surface area contributed by atoms with Crippen molar-refractivity contribution < 1.29 is 4.79 Å². The zero-order chi connectivity index (χ0) is 24.8. The van der Waals surface area contributed by atoms with Gasteiger partial charge in [-0.3, -0.25) is 4.79 Å². The monoisotopic (exact) mass is 460 g/mol. The minimum absolute atomic E-state index is 0.0666. The lowest BCUT2D eigenvalue weighted by Gasteiger charge is -2.37. The van der Waals surface area contributed by atoms with Gasteiger partial charge in [0.15, 0.2) is 0 Å². The van der Waals surface area contributed by atoms with Gasteiger partial charge in [-0.15, -0.1) is 6.58 Å². The first-order chi connectivity index (χ1) is 15.9. The minimum atomic E-state index is -0.0909. The summed E-state index contributed by atoms with van der Waals surface area (Å²) in [6.45, 7) is 20.4. The Hall–Kier alpha value is -1.85. The standard InChI is InChI=1S/C28H52N4O/c1-7-25(4)30-23-17-11-14-20-28(32-26(5)8-2,19-13-10-16-22-29-6)21-15-12-18-24-31-27(33)9-3/h7-9,25,29-30,32H,1-3,5,10-24H2,4,6H3,(H,31,33). The van der Waals surface area contributed by atoms with Crippen molar-refractivity contribution in [2.24, 2.45) is 0 Å². The second-order valence-corrected chi connectivity index (χ2v) is 9.14. The molecule has 0 heterocycles. The lowest BCUT2D eigenvalue weighted by molar-refractivity contribution is -0.116. The fourth-order valence-corrected chi connectivity index (χ4v) is 4.12.